The van der Waals surface area contributed by atoms with Gasteiger partial charge in [-0.05, 0) is 43.7 Å². The Morgan fingerprint density at radius 1 is 1.20 bits per heavy atom. The number of piperazine rings is 1. The molecule has 0 spiro atoms. The molecule has 0 aliphatic carbocycles. The second-order valence-corrected chi connectivity index (χ2v) is 7.20. The molecule has 3 heterocycles. The van der Waals surface area contributed by atoms with E-state index in [1.54, 1.807) is 40.8 Å². The Labute approximate surface area is 173 Å². The monoisotopic (exact) mass is 410 g/mol. The van der Waals surface area contributed by atoms with Crippen molar-refractivity contribution in [2.24, 2.45) is 0 Å². The molecular formula is C21H23FN6O2. The molecule has 1 aliphatic heterocycles. The quantitative estimate of drug-likeness (QED) is 0.718. The number of rotatable bonds is 3. The zero-order valence-electron chi connectivity index (χ0n) is 16.9. The maximum Gasteiger partial charge on any atom is 0.321 e. The number of aryl methyl sites for hydroxylation is 2. The molecule has 8 nitrogen and oxygen atoms in total. The third-order valence-corrected chi connectivity index (χ3v) is 5.29. The van der Waals surface area contributed by atoms with Crippen LogP contribution < -0.4 is 15.8 Å². The van der Waals surface area contributed by atoms with Gasteiger partial charge >= 0.3 is 6.03 Å². The highest BCUT2D eigenvalue weighted by Crippen LogP contribution is 2.17. The zero-order chi connectivity index (χ0) is 21.3. The van der Waals surface area contributed by atoms with E-state index in [-0.39, 0.29) is 17.4 Å². The van der Waals surface area contributed by atoms with Crippen molar-refractivity contribution in [2.75, 3.05) is 36.4 Å². The molecule has 2 amide bonds. The number of hydrogen-bond acceptors (Lipinski definition) is 5. The van der Waals surface area contributed by atoms with E-state index < -0.39 is 0 Å². The first kappa shape index (κ1) is 19.8. The van der Waals surface area contributed by atoms with E-state index in [4.69, 9.17) is 0 Å². The highest BCUT2D eigenvalue weighted by molar-refractivity contribution is 5.89. The molecular weight excluding hydrogens is 387 g/mol. The average Bonchev–Trinajstić information content (AvgIpc) is 2.76. The minimum atomic E-state index is -0.360. The average molecular weight is 410 g/mol. The predicted octanol–water partition coefficient (Wildman–Crippen LogP) is 2.61. The minimum absolute atomic E-state index is 0.184. The van der Waals surface area contributed by atoms with Gasteiger partial charge in [0.05, 0.1) is 0 Å². The van der Waals surface area contributed by atoms with E-state index in [1.165, 1.54) is 6.07 Å². The number of carbonyl (C=O) groups excluding carboxylic acids is 1. The van der Waals surface area contributed by atoms with Gasteiger partial charge in [0.2, 0.25) is 0 Å². The number of nitrogens with zero attached hydrogens (tertiary/aromatic N) is 5. The number of pyridine rings is 1. The number of carbonyl (C=O) groups is 1. The molecule has 1 saturated heterocycles. The molecule has 1 aliphatic rings. The van der Waals surface area contributed by atoms with Crippen LogP contribution in [0.5, 0.6) is 0 Å². The molecule has 0 radical (unpaired) electrons. The standard InChI is InChI=1S/C21H23FN6O2/c1-3-28-18-17(5-4-8-23-18)25-19(20(28)29)26-9-11-27(12-10-26)21(30)24-15-7-6-14(2)16(22)13-15/h4-8,13H,3,9-12H2,1-2H3,(H,24,30). The zero-order valence-corrected chi connectivity index (χ0v) is 16.9. The largest absolute Gasteiger partial charge is 0.348 e. The van der Waals surface area contributed by atoms with Gasteiger partial charge < -0.3 is 15.1 Å². The molecule has 156 valence electrons. The number of hydrogen-bond donors (Lipinski definition) is 1. The maximum absolute atomic E-state index is 13.7. The highest BCUT2D eigenvalue weighted by atomic mass is 19.1. The lowest BCUT2D eigenvalue weighted by atomic mass is 10.2. The Hall–Kier alpha value is -3.49. The number of amides is 2. The van der Waals surface area contributed by atoms with Gasteiger partial charge in [-0.25, -0.2) is 19.2 Å². The molecule has 3 aromatic rings. The van der Waals surface area contributed by atoms with Gasteiger partial charge in [-0.15, -0.1) is 0 Å². The van der Waals surface area contributed by atoms with E-state index >= 15 is 0 Å². The molecule has 0 unspecified atom stereocenters. The van der Waals surface area contributed by atoms with Crippen molar-refractivity contribution >= 4 is 28.7 Å². The summed E-state index contributed by atoms with van der Waals surface area (Å²) in [6, 6.07) is 7.94. The Bertz CT molecular complexity index is 1150. The second kappa shape index (κ2) is 8.10. The van der Waals surface area contributed by atoms with Gasteiger partial charge in [0.25, 0.3) is 5.56 Å². The van der Waals surface area contributed by atoms with Crippen LogP contribution in [-0.2, 0) is 6.54 Å². The van der Waals surface area contributed by atoms with E-state index in [0.717, 1.165) is 0 Å². The fraction of sp³-hybridized carbons (Fsp3) is 0.333. The third-order valence-electron chi connectivity index (χ3n) is 5.29. The van der Waals surface area contributed by atoms with E-state index in [2.05, 4.69) is 15.3 Å². The SMILES string of the molecule is CCn1c(=O)c(N2CCN(C(=O)Nc3ccc(C)c(F)c3)CC2)nc2cccnc21. The number of anilines is 2. The molecule has 0 atom stereocenters. The van der Waals surface area contributed by atoms with Crippen molar-refractivity contribution in [2.45, 2.75) is 20.4 Å². The number of aromatic nitrogens is 3. The van der Waals surface area contributed by atoms with Crippen LogP contribution in [0.2, 0.25) is 0 Å². The fourth-order valence-electron chi connectivity index (χ4n) is 3.56. The number of fused-ring (bicyclic) bond motifs is 1. The highest BCUT2D eigenvalue weighted by Gasteiger charge is 2.25. The molecule has 4 rings (SSSR count). The summed E-state index contributed by atoms with van der Waals surface area (Å²) in [7, 11) is 0. The molecule has 0 bridgehead atoms. The van der Waals surface area contributed by atoms with Gasteiger partial charge in [0, 0.05) is 44.6 Å². The van der Waals surface area contributed by atoms with Gasteiger partial charge in [0.1, 0.15) is 11.3 Å². The molecule has 9 heteroatoms. The van der Waals surface area contributed by atoms with Crippen molar-refractivity contribution < 1.29 is 9.18 Å². The normalized spacial score (nSPS) is 14.2. The summed E-state index contributed by atoms with van der Waals surface area (Å²) < 4.78 is 15.3. The Kier molecular flexibility index (Phi) is 5.35. The molecule has 1 N–H and O–H groups in total. The molecule has 2 aromatic heterocycles. The Balaban J connectivity index is 1.48. The van der Waals surface area contributed by atoms with Crippen LogP contribution in [0, 0.1) is 12.7 Å². The minimum Gasteiger partial charge on any atom is -0.348 e. The second-order valence-electron chi connectivity index (χ2n) is 7.20. The van der Waals surface area contributed by atoms with Crippen LogP contribution in [0.3, 0.4) is 0 Å². The topological polar surface area (TPSA) is 83.4 Å². The molecule has 1 fully saturated rings. The Morgan fingerprint density at radius 3 is 2.67 bits per heavy atom. The van der Waals surface area contributed by atoms with Crippen molar-refractivity contribution in [3.63, 3.8) is 0 Å². The first-order valence-electron chi connectivity index (χ1n) is 9.90. The number of benzene rings is 1. The Morgan fingerprint density at radius 2 is 1.97 bits per heavy atom. The van der Waals surface area contributed by atoms with Gasteiger partial charge in [-0.2, -0.15) is 0 Å². The number of nitrogens with one attached hydrogen (secondary N) is 1. The van der Waals surface area contributed by atoms with E-state index in [9.17, 15) is 14.0 Å². The molecule has 30 heavy (non-hydrogen) atoms. The van der Waals surface area contributed by atoms with Crippen LogP contribution >= 0.6 is 0 Å². The van der Waals surface area contributed by atoms with Crippen molar-refractivity contribution in [1.82, 2.24) is 19.4 Å². The summed E-state index contributed by atoms with van der Waals surface area (Å²) in [5.74, 6) is 0.0136. The van der Waals surface area contributed by atoms with Crippen LogP contribution in [0.25, 0.3) is 11.2 Å². The van der Waals surface area contributed by atoms with Gasteiger partial charge in [-0.1, -0.05) is 6.07 Å². The predicted molar refractivity (Wildman–Crippen MR) is 113 cm³/mol. The third kappa shape index (κ3) is 3.70. The fourth-order valence-corrected chi connectivity index (χ4v) is 3.56. The first-order chi connectivity index (χ1) is 14.5. The van der Waals surface area contributed by atoms with Crippen molar-refractivity contribution in [3.8, 4) is 0 Å². The lowest BCUT2D eigenvalue weighted by molar-refractivity contribution is 0.208. The summed E-state index contributed by atoms with van der Waals surface area (Å²) in [5, 5.41) is 2.73. The summed E-state index contributed by atoms with van der Waals surface area (Å²) in [5.41, 5.74) is 1.99. The summed E-state index contributed by atoms with van der Waals surface area (Å²) in [4.78, 5) is 37.8. The smallest absolute Gasteiger partial charge is 0.321 e. The van der Waals surface area contributed by atoms with Crippen LogP contribution in [-0.4, -0.2) is 51.6 Å². The van der Waals surface area contributed by atoms with Gasteiger partial charge in [0.15, 0.2) is 11.5 Å². The van der Waals surface area contributed by atoms with E-state index in [0.29, 0.717) is 61.0 Å². The summed E-state index contributed by atoms with van der Waals surface area (Å²) >= 11 is 0. The van der Waals surface area contributed by atoms with E-state index in [1.807, 2.05) is 17.9 Å². The van der Waals surface area contributed by atoms with Crippen LogP contribution in [0.4, 0.5) is 20.7 Å². The van der Waals surface area contributed by atoms with Crippen molar-refractivity contribution in [1.29, 1.82) is 0 Å². The lowest BCUT2D eigenvalue weighted by Crippen LogP contribution is -2.51. The summed E-state index contributed by atoms with van der Waals surface area (Å²) in [6.07, 6.45) is 1.65. The lowest BCUT2D eigenvalue weighted by Gasteiger charge is -2.35. The van der Waals surface area contributed by atoms with Crippen molar-refractivity contribution in [3.05, 3.63) is 58.3 Å². The molecule has 0 saturated carbocycles. The summed E-state index contributed by atoms with van der Waals surface area (Å²) in [6.45, 7) is 5.88. The van der Waals surface area contributed by atoms with Crippen LogP contribution in [0.1, 0.15) is 12.5 Å². The van der Waals surface area contributed by atoms with Crippen LogP contribution in [0.15, 0.2) is 41.3 Å². The molecule has 1 aromatic carbocycles. The first-order valence-corrected chi connectivity index (χ1v) is 9.90. The number of halogens is 1. The number of urea groups is 1. The maximum atomic E-state index is 13.7. The van der Waals surface area contributed by atoms with Gasteiger partial charge in [-0.3, -0.25) is 9.36 Å².